The molecule has 2 heterocycles. The third-order valence-electron chi connectivity index (χ3n) is 4.94. The highest BCUT2D eigenvalue weighted by Crippen LogP contribution is 2.35. The number of nitrogens with one attached hydrogen (secondary N) is 1. The lowest BCUT2D eigenvalue weighted by Gasteiger charge is -2.14. The number of carbonyl (C=O) groups excluding carboxylic acids is 3. The number of fused-ring (bicyclic) bond motifs is 2. The van der Waals surface area contributed by atoms with E-state index in [2.05, 4.69) is 10.3 Å². The van der Waals surface area contributed by atoms with Crippen LogP contribution < -0.4 is 5.32 Å². The highest BCUT2D eigenvalue weighted by Gasteiger charge is 2.46. The average molecular weight is 369 g/mol. The van der Waals surface area contributed by atoms with E-state index in [0.717, 1.165) is 15.2 Å². The van der Waals surface area contributed by atoms with Crippen molar-refractivity contribution in [3.63, 3.8) is 0 Å². The summed E-state index contributed by atoms with van der Waals surface area (Å²) in [7, 11) is 0. The largest absolute Gasteiger partial charge is 0.326 e. The number of imide groups is 1. The van der Waals surface area contributed by atoms with Crippen LogP contribution in [0.5, 0.6) is 0 Å². The quantitative estimate of drug-likeness (QED) is 0.664. The first kappa shape index (κ1) is 16.9. The third kappa shape index (κ3) is 3.03. The number of nitrogens with zero attached hydrogens (tertiary/aromatic N) is 2. The Labute approximate surface area is 154 Å². The van der Waals surface area contributed by atoms with Gasteiger partial charge in [0.05, 0.1) is 27.1 Å². The molecule has 1 saturated heterocycles. The van der Waals surface area contributed by atoms with Gasteiger partial charge >= 0.3 is 0 Å². The molecule has 0 unspecified atom stereocenters. The van der Waals surface area contributed by atoms with Gasteiger partial charge in [0.15, 0.2) is 0 Å². The summed E-state index contributed by atoms with van der Waals surface area (Å²) in [5.74, 6) is -0.975. The first-order valence-electron chi connectivity index (χ1n) is 8.70. The predicted octanol–water partition coefficient (Wildman–Crippen LogP) is 2.88. The van der Waals surface area contributed by atoms with Crippen molar-refractivity contribution in [3.8, 4) is 0 Å². The molecule has 1 fully saturated rings. The molecule has 2 aliphatic rings. The fraction of sp³-hybridized carbons (Fsp3) is 0.368. The summed E-state index contributed by atoms with van der Waals surface area (Å²) in [5, 5.41) is 3.82. The Morgan fingerprint density at radius 3 is 2.62 bits per heavy atom. The monoisotopic (exact) mass is 369 g/mol. The van der Waals surface area contributed by atoms with Crippen LogP contribution >= 0.6 is 11.3 Å². The van der Waals surface area contributed by atoms with Crippen LogP contribution in [0.1, 0.15) is 24.3 Å². The number of rotatable bonds is 4. The minimum absolute atomic E-state index is 0.101. The van der Waals surface area contributed by atoms with Gasteiger partial charge in [-0.2, -0.15) is 0 Å². The number of aryl methyl sites for hydroxylation is 1. The number of carbonyl (C=O) groups is 3. The fourth-order valence-electron chi connectivity index (χ4n) is 3.64. The second kappa shape index (κ2) is 6.64. The Morgan fingerprint density at radius 2 is 1.92 bits per heavy atom. The fourth-order valence-corrected chi connectivity index (χ4v) is 4.51. The number of aromatic nitrogens is 1. The molecule has 0 saturated carbocycles. The van der Waals surface area contributed by atoms with Crippen molar-refractivity contribution in [1.82, 2.24) is 9.88 Å². The summed E-state index contributed by atoms with van der Waals surface area (Å²) in [5.41, 5.74) is 1.61. The molecule has 6 nitrogen and oxygen atoms in total. The van der Waals surface area contributed by atoms with E-state index in [-0.39, 0.29) is 42.5 Å². The van der Waals surface area contributed by atoms with E-state index in [9.17, 15) is 14.4 Å². The summed E-state index contributed by atoms with van der Waals surface area (Å²) in [6.45, 7) is 2.08. The number of likely N-dealkylation sites (tertiary alicyclic amines) is 1. The second-order valence-corrected chi connectivity index (χ2v) is 7.93. The molecule has 0 spiro atoms. The van der Waals surface area contributed by atoms with Gasteiger partial charge in [-0.05, 0) is 38.0 Å². The second-order valence-electron chi connectivity index (χ2n) is 6.70. The molecular weight excluding hydrogens is 350 g/mol. The first-order valence-corrected chi connectivity index (χ1v) is 9.52. The topological polar surface area (TPSA) is 79.4 Å². The van der Waals surface area contributed by atoms with E-state index < -0.39 is 0 Å². The molecule has 0 radical (unpaired) electrons. The van der Waals surface area contributed by atoms with E-state index in [1.807, 2.05) is 37.3 Å². The third-order valence-corrected chi connectivity index (χ3v) is 5.87. The van der Waals surface area contributed by atoms with Gasteiger partial charge in [0.2, 0.25) is 17.7 Å². The van der Waals surface area contributed by atoms with Gasteiger partial charge in [-0.25, -0.2) is 4.98 Å². The summed E-state index contributed by atoms with van der Waals surface area (Å²) in [6, 6.07) is 5.58. The van der Waals surface area contributed by atoms with E-state index in [1.165, 1.54) is 4.90 Å². The number of anilines is 1. The maximum Gasteiger partial charge on any atom is 0.233 e. The van der Waals surface area contributed by atoms with Gasteiger partial charge in [-0.3, -0.25) is 19.3 Å². The van der Waals surface area contributed by atoms with E-state index in [1.54, 1.807) is 11.3 Å². The number of hydrogen-bond acceptors (Lipinski definition) is 5. The molecule has 1 N–H and O–H groups in total. The van der Waals surface area contributed by atoms with Crippen molar-refractivity contribution in [2.24, 2.45) is 11.8 Å². The van der Waals surface area contributed by atoms with Crippen LogP contribution in [0.3, 0.4) is 0 Å². The normalized spacial score (nSPS) is 22.1. The highest BCUT2D eigenvalue weighted by atomic mass is 32.1. The van der Waals surface area contributed by atoms with Crippen molar-refractivity contribution in [2.45, 2.75) is 26.2 Å². The Balaban J connectivity index is 1.37. The Hall–Kier alpha value is -2.54. The number of thiazole rings is 1. The van der Waals surface area contributed by atoms with Crippen LogP contribution in [0.2, 0.25) is 0 Å². The van der Waals surface area contributed by atoms with Crippen molar-refractivity contribution < 1.29 is 14.4 Å². The maximum atomic E-state index is 12.4. The zero-order chi connectivity index (χ0) is 18.3. The van der Waals surface area contributed by atoms with Crippen molar-refractivity contribution in [2.75, 3.05) is 11.9 Å². The summed E-state index contributed by atoms with van der Waals surface area (Å²) in [6.07, 6.45) is 5.25. The molecule has 0 bridgehead atoms. The van der Waals surface area contributed by atoms with Crippen LogP contribution in [0, 0.1) is 18.8 Å². The average Bonchev–Trinajstić information content (AvgIpc) is 3.11. The molecule has 26 heavy (non-hydrogen) atoms. The molecule has 2 atom stereocenters. The van der Waals surface area contributed by atoms with Crippen LogP contribution in [-0.2, 0) is 14.4 Å². The van der Waals surface area contributed by atoms with Crippen LogP contribution in [0.25, 0.3) is 10.2 Å². The van der Waals surface area contributed by atoms with E-state index >= 15 is 0 Å². The lowest BCUT2D eigenvalue weighted by atomic mass is 9.85. The van der Waals surface area contributed by atoms with Gasteiger partial charge in [-0.15, -0.1) is 11.3 Å². The first-order chi connectivity index (χ1) is 12.5. The summed E-state index contributed by atoms with van der Waals surface area (Å²) in [4.78, 5) is 42.7. The number of hydrogen-bond donors (Lipinski definition) is 1. The lowest BCUT2D eigenvalue weighted by molar-refractivity contribution is -0.140. The molecule has 1 aromatic carbocycles. The van der Waals surface area contributed by atoms with Gasteiger partial charge in [-0.1, -0.05) is 12.2 Å². The molecule has 1 aliphatic carbocycles. The van der Waals surface area contributed by atoms with Gasteiger partial charge in [0.25, 0.3) is 0 Å². The molecule has 2 aromatic rings. The van der Waals surface area contributed by atoms with Crippen LogP contribution in [-0.4, -0.2) is 34.2 Å². The van der Waals surface area contributed by atoms with Crippen molar-refractivity contribution in [3.05, 3.63) is 35.4 Å². The van der Waals surface area contributed by atoms with Crippen molar-refractivity contribution >= 4 is 45.0 Å². The SMILES string of the molecule is Cc1nc2ccc(NC(=O)CCN3C(=O)[C@H]4CC=CC[C@@H]4C3=O)cc2s1. The van der Waals surface area contributed by atoms with Crippen LogP contribution in [0.4, 0.5) is 5.69 Å². The minimum atomic E-state index is -0.243. The minimum Gasteiger partial charge on any atom is -0.326 e. The Morgan fingerprint density at radius 1 is 1.23 bits per heavy atom. The van der Waals surface area contributed by atoms with Gasteiger partial charge < -0.3 is 5.32 Å². The molecule has 134 valence electrons. The molecular formula is C19H19N3O3S. The summed E-state index contributed by atoms with van der Waals surface area (Å²) < 4.78 is 1.02. The van der Waals surface area contributed by atoms with E-state index in [4.69, 9.17) is 0 Å². The number of allylic oxidation sites excluding steroid dienone is 2. The number of amides is 3. The zero-order valence-electron chi connectivity index (χ0n) is 14.4. The predicted molar refractivity (Wildman–Crippen MR) is 99.7 cm³/mol. The smallest absolute Gasteiger partial charge is 0.233 e. The van der Waals surface area contributed by atoms with E-state index in [0.29, 0.717) is 18.5 Å². The lowest BCUT2D eigenvalue weighted by Crippen LogP contribution is -2.34. The van der Waals surface area contributed by atoms with Crippen molar-refractivity contribution in [1.29, 1.82) is 0 Å². The summed E-state index contributed by atoms with van der Waals surface area (Å²) >= 11 is 1.57. The number of benzene rings is 1. The zero-order valence-corrected chi connectivity index (χ0v) is 15.2. The van der Waals surface area contributed by atoms with Crippen LogP contribution in [0.15, 0.2) is 30.4 Å². The molecule has 7 heteroatoms. The molecule has 1 aliphatic heterocycles. The molecule has 4 rings (SSSR count). The van der Waals surface area contributed by atoms with Gasteiger partial charge in [0.1, 0.15) is 0 Å². The Kier molecular flexibility index (Phi) is 4.32. The standard InChI is InChI=1S/C19H19N3O3S/c1-11-20-15-7-6-12(10-16(15)26-11)21-17(23)8-9-22-18(24)13-4-2-3-5-14(13)19(22)25/h2-3,6-7,10,13-14H,4-5,8-9H2,1H3,(H,21,23)/t13-,14-/m0/s1. The highest BCUT2D eigenvalue weighted by molar-refractivity contribution is 7.18. The van der Waals surface area contributed by atoms with Gasteiger partial charge in [0, 0.05) is 18.7 Å². The molecule has 1 aromatic heterocycles. The maximum absolute atomic E-state index is 12.4. The molecule has 3 amide bonds. The Bertz CT molecular complexity index is 907.